The van der Waals surface area contributed by atoms with Crippen molar-refractivity contribution in [2.45, 2.75) is 45.1 Å². The predicted molar refractivity (Wildman–Crippen MR) is 159 cm³/mol. The highest BCUT2D eigenvalue weighted by molar-refractivity contribution is 6.30. The summed E-state index contributed by atoms with van der Waals surface area (Å²) in [7, 11) is 1.33. The molecule has 4 aromatic rings. The summed E-state index contributed by atoms with van der Waals surface area (Å²) in [4.78, 5) is 47.2. The smallest absolute Gasteiger partial charge is 0.309 e. The molecule has 43 heavy (non-hydrogen) atoms. The van der Waals surface area contributed by atoms with Gasteiger partial charge in [0, 0.05) is 28.6 Å². The lowest BCUT2D eigenvalue weighted by molar-refractivity contribution is -0.139. The minimum Gasteiger partial charge on any atom is -0.469 e. The molecule has 0 spiro atoms. The molecule has 2 bridgehead atoms. The van der Waals surface area contributed by atoms with Crippen LogP contribution in [0.4, 0.5) is 5.69 Å². The van der Waals surface area contributed by atoms with Crippen molar-refractivity contribution in [1.29, 1.82) is 0 Å². The summed E-state index contributed by atoms with van der Waals surface area (Å²) < 4.78 is 6.28. The van der Waals surface area contributed by atoms with Gasteiger partial charge in [0.05, 0.1) is 42.3 Å². The van der Waals surface area contributed by atoms with Gasteiger partial charge in [0.1, 0.15) is 12.2 Å². The van der Waals surface area contributed by atoms with Crippen LogP contribution in [0.15, 0.2) is 54.9 Å². The highest BCUT2D eigenvalue weighted by Crippen LogP contribution is 2.31. The van der Waals surface area contributed by atoms with Gasteiger partial charge in [-0.3, -0.25) is 14.4 Å². The van der Waals surface area contributed by atoms with Crippen molar-refractivity contribution in [2.75, 3.05) is 12.4 Å². The molecule has 1 aliphatic heterocycles. The lowest BCUT2D eigenvalue weighted by Crippen LogP contribution is -2.28. The Morgan fingerprint density at radius 3 is 2.81 bits per heavy atom. The Bertz CT molecular complexity index is 1690. The molecule has 2 aromatic heterocycles. The third kappa shape index (κ3) is 7.46. The van der Waals surface area contributed by atoms with E-state index < -0.39 is 6.04 Å². The molecule has 12 nitrogen and oxygen atoms in total. The molecule has 2 aromatic carbocycles. The lowest BCUT2D eigenvalue weighted by Gasteiger charge is -2.20. The first-order valence-electron chi connectivity index (χ1n) is 13.7. The number of nitrogens with one attached hydrogen (secondary N) is 2. The van der Waals surface area contributed by atoms with Gasteiger partial charge in [-0.1, -0.05) is 30.2 Å². The highest BCUT2D eigenvalue weighted by atomic mass is 35.5. The molecule has 220 valence electrons. The fourth-order valence-corrected chi connectivity index (χ4v) is 5.02. The van der Waals surface area contributed by atoms with Gasteiger partial charge in [0.2, 0.25) is 11.8 Å². The van der Waals surface area contributed by atoms with Gasteiger partial charge in [0.25, 0.3) is 0 Å². The van der Waals surface area contributed by atoms with E-state index >= 15 is 0 Å². The number of ether oxygens (including phenoxy) is 1. The maximum atomic E-state index is 13.2. The lowest BCUT2D eigenvalue weighted by atomic mass is 9.99. The molecule has 0 fully saturated rings. The number of benzene rings is 2. The van der Waals surface area contributed by atoms with E-state index in [1.807, 2.05) is 12.1 Å². The van der Waals surface area contributed by atoms with Gasteiger partial charge in [-0.05, 0) is 72.2 Å². The van der Waals surface area contributed by atoms with E-state index in [2.05, 4.69) is 36.1 Å². The highest BCUT2D eigenvalue weighted by Gasteiger charge is 2.21. The van der Waals surface area contributed by atoms with Crippen LogP contribution >= 0.6 is 11.6 Å². The first-order valence-corrected chi connectivity index (χ1v) is 14.0. The van der Waals surface area contributed by atoms with E-state index in [1.165, 1.54) is 24.2 Å². The topological polar surface area (TPSA) is 154 Å². The normalized spacial score (nSPS) is 15.1. The third-order valence-corrected chi connectivity index (χ3v) is 7.12. The summed E-state index contributed by atoms with van der Waals surface area (Å²) in [5.41, 5.74) is 4.47. The van der Waals surface area contributed by atoms with Crippen molar-refractivity contribution in [2.24, 2.45) is 0 Å². The molecule has 5 rings (SSSR count). The van der Waals surface area contributed by atoms with Crippen molar-refractivity contribution in [3.8, 4) is 16.9 Å². The minimum absolute atomic E-state index is 0.0712. The monoisotopic (exact) mass is 600 g/mol. The van der Waals surface area contributed by atoms with Crippen LogP contribution in [0.1, 0.15) is 54.4 Å². The number of fused-ring (bicyclic) bond motifs is 4. The Balaban J connectivity index is 1.45. The predicted octanol–water partition coefficient (Wildman–Crippen LogP) is 4.18. The first-order chi connectivity index (χ1) is 20.8. The largest absolute Gasteiger partial charge is 0.469 e. The van der Waals surface area contributed by atoms with Crippen LogP contribution in [0.25, 0.3) is 23.0 Å². The number of tetrazole rings is 1. The second-order valence-electron chi connectivity index (χ2n) is 10.0. The fraction of sp³-hybridized carbons (Fsp3) is 0.267. The van der Waals surface area contributed by atoms with Gasteiger partial charge < -0.3 is 15.4 Å². The number of esters is 1. The Morgan fingerprint density at radius 2 is 2.02 bits per heavy atom. The third-order valence-electron chi connectivity index (χ3n) is 6.89. The van der Waals surface area contributed by atoms with Gasteiger partial charge in [0.15, 0.2) is 0 Å². The summed E-state index contributed by atoms with van der Waals surface area (Å²) in [5, 5.41) is 17.8. The summed E-state index contributed by atoms with van der Waals surface area (Å²) in [6.45, 7) is 1.78. The Labute approximate surface area is 252 Å². The van der Waals surface area contributed by atoms with Crippen LogP contribution in [0, 0.1) is 6.92 Å². The average Bonchev–Trinajstić information content (AvgIpc) is 3.52. The van der Waals surface area contributed by atoms with E-state index in [0.717, 1.165) is 0 Å². The Kier molecular flexibility index (Phi) is 9.16. The molecule has 0 saturated carbocycles. The summed E-state index contributed by atoms with van der Waals surface area (Å²) in [5.74, 6) is -0.343. The zero-order valence-electron chi connectivity index (χ0n) is 23.6. The van der Waals surface area contributed by atoms with E-state index in [4.69, 9.17) is 16.3 Å². The van der Waals surface area contributed by atoms with Gasteiger partial charge >= 0.3 is 5.97 Å². The molecular weight excluding hydrogens is 572 g/mol. The molecule has 3 heterocycles. The van der Waals surface area contributed by atoms with Crippen LogP contribution in [0.5, 0.6) is 0 Å². The molecular formula is C30H29ClN8O4. The molecule has 1 atom stereocenters. The molecule has 2 N–H and O–H groups in total. The minimum atomic E-state index is -0.430. The van der Waals surface area contributed by atoms with Crippen LogP contribution in [-0.4, -0.2) is 55.1 Å². The molecule has 13 heteroatoms. The number of amides is 2. The van der Waals surface area contributed by atoms with Crippen molar-refractivity contribution in [3.63, 3.8) is 0 Å². The number of carbonyl (C=O) groups excluding carboxylic acids is 3. The number of hydrogen-bond donors (Lipinski definition) is 2. The molecule has 0 radical (unpaired) electrons. The zero-order chi connectivity index (χ0) is 30.3. The molecule has 1 aliphatic rings. The number of methoxy groups -OCH3 is 1. The van der Waals surface area contributed by atoms with Crippen LogP contribution in [0.3, 0.4) is 0 Å². The molecule has 1 unspecified atom stereocenters. The molecule has 0 aliphatic carbocycles. The van der Waals surface area contributed by atoms with E-state index in [1.54, 1.807) is 43.3 Å². The zero-order valence-corrected chi connectivity index (χ0v) is 24.3. The van der Waals surface area contributed by atoms with Crippen LogP contribution in [0.2, 0.25) is 5.02 Å². The fourth-order valence-electron chi connectivity index (χ4n) is 4.84. The number of nitrogens with zero attached hydrogens (tertiary/aromatic N) is 6. The van der Waals surface area contributed by atoms with Gasteiger partial charge in [-0.15, -0.1) is 5.10 Å². The van der Waals surface area contributed by atoms with Crippen LogP contribution in [-0.2, 0) is 25.5 Å². The summed E-state index contributed by atoms with van der Waals surface area (Å²) in [6, 6.07) is 12.0. The van der Waals surface area contributed by atoms with E-state index in [9.17, 15) is 14.4 Å². The Morgan fingerprint density at radius 1 is 1.16 bits per heavy atom. The maximum absolute atomic E-state index is 13.2. The SMILES string of the molecule is COC(=O)Cc1ccc2c(c1)NC(=O)CCCCC(NC(=O)/C=C/c1cc(Cl)ccc1-n1cnnn1)c1cc-2nc(C)n1. The Hall–Kier alpha value is -4.97. The standard InChI is InChI=1S/C30H29ClN8O4/c1-18-33-25-16-26(34-18)23(35-29(41)12-8-20-15-21(31)9-11-27(20)39-17-32-37-38-39)5-3-4-6-28(40)36-24-13-19(7-10-22(24)25)14-30(42)43-2/h7-13,15-17,23H,3-6,14H2,1-2H3,(H,35,41)(H,36,40)/b12-8+. The number of anilines is 1. The quantitative estimate of drug-likeness (QED) is 0.245. The second kappa shape index (κ2) is 13.3. The average molecular weight is 601 g/mol. The molecule has 2 amide bonds. The molecule has 0 saturated heterocycles. The number of halogens is 1. The van der Waals surface area contributed by atoms with E-state index in [-0.39, 0.29) is 24.2 Å². The van der Waals surface area contributed by atoms with Crippen molar-refractivity contribution in [3.05, 3.63) is 82.5 Å². The number of aryl methyl sites for hydroxylation is 1. The van der Waals surface area contributed by atoms with Gasteiger partial charge in [-0.25, -0.2) is 9.97 Å². The summed E-state index contributed by atoms with van der Waals surface area (Å²) >= 11 is 6.21. The number of hydrogen-bond acceptors (Lipinski definition) is 9. The number of rotatable bonds is 6. The first kappa shape index (κ1) is 29.5. The number of carbonyl (C=O) groups is 3. The van der Waals surface area contributed by atoms with Gasteiger partial charge in [-0.2, -0.15) is 4.68 Å². The van der Waals surface area contributed by atoms with E-state index in [0.29, 0.717) is 76.0 Å². The second-order valence-corrected chi connectivity index (χ2v) is 10.4. The maximum Gasteiger partial charge on any atom is 0.309 e. The number of aromatic nitrogens is 6. The van der Waals surface area contributed by atoms with Crippen LogP contribution < -0.4 is 10.6 Å². The summed E-state index contributed by atoms with van der Waals surface area (Å²) in [6.07, 6.45) is 6.76. The van der Waals surface area contributed by atoms with Crippen molar-refractivity contribution in [1.82, 2.24) is 35.5 Å². The van der Waals surface area contributed by atoms with Crippen molar-refractivity contribution < 1.29 is 19.1 Å². The van der Waals surface area contributed by atoms with Crippen molar-refractivity contribution >= 4 is 41.1 Å².